The average Bonchev–Trinajstić information content (AvgIpc) is 2.87. The van der Waals surface area contributed by atoms with Crippen LogP contribution in [0.4, 0.5) is 5.69 Å². The largest absolute Gasteiger partial charge is 0.497 e. The van der Waals surface area contributed by atoms with Gasteiger partial charge in [0.1, 0.15) is 11.3 Å². The summed E-state index contributed by atoms with van der Waals surface area (Å²) in [4.78, 5) is 12.5. The van der Waals surface area contributed by atoms with Gasteiger partial charge in [-0.3, -0.25) is 4.79 Å². The molecular weight excluding hydrogens is 314 g/mol. The molecule has 0 aliphatic carbocycles. The highest BCUT2D eigenvalue weighted by Crippen LogP contribution is 2.29. The van der Waals surface area contributed by atoms with Crippen LogP contribution >= 0.6 is 11.6 Å². The fourth-order valence-electron chi connectivity index (χ4n) is 2.40. The van der Waals surface area contributed by atoms with Crippen LogP contribution in [0.5, 0.6) is 5.75 Å². The molecule has 1 heterocycles. The Hall–Kier alpha value is -2.46. The molecule has 23 heavy (non-hydrogen) atoms. The molecule has 0 unspecified atom stereocenters. The van der Waals surface area contributed by atoms with Gasteiger partial charge in [-0.25, -0.2) is 0 Å². The minimum atomic E-state index is -0.308. The second-order valence-corrected chi connectivity index (χ2v) is 5.74. The van der Waals surface area contributed by atoms with Gasteiger partial charge >= 0.3 is 0 Å². The minimum absolute atomic E-state index is 0.282. The van der Waals surface area contributed by atoms with Crippen LogP contribution in [-0.2, 0) is 0 Å². The molecule has 0 fully saturated rings. The molecule has 1 N–H and O–H groups in total. The first-order valence-electron chi connectivity index (χ1n) is 7.14. The van der Waals surface area contributed by atoms with Crippen molar-refractivity contribution < 1.29 is 13.9 Å². The summed E-state index contributed by atoms with van der Waals surface area (Å²) in [6.45, 7) is 3.76. The standard InChI is InChI=1S/C18H16ClNO3/c1-10-4-5-12(8-15(10)19)20-18(21)17-11(2)14-9-13(22-3)6-7-16(14)23-17/h4-9H,1-3H3,(H,20,21). The predicted molar refractivity (Wildman–Crippen MR) is 91.6 cm³/mol. The molecule has 3 aromatic rings. The highest BCUT2D eigenvalue weighted by molar-refractivity contribution is 6.31. The van der Waals surface area contributed by atoms with Crippen molar-refractivity contribution in [1.82, 2.24) is 0 Å². The van der Waals surface area contributed by atoms with Gasteiger partial charge in [0, 0.05) is 21.7 Å². The number of carbonyl (C=O) groups is 1. The molecule has 0 spiro atoms. The number of anilines is 1. The van der Waals surface area contributed by atoms with Crippen LogP contribution in [0.1, 0.15) is 21.7 Å². The smallest absolute Gasteiger partial charge is 0.291 e. The number of rotatable bonds is 3. The number of benzene rings is 2. The first-order valence-corrected chi connectivity index (χ1v) is 7.52. The van der Waals surface area contributed by atoms with E-state index in [9.17, 15) is 4.79 Å². The number of fused-ring (bicyclic) bond motifs is 1. The van der Waals surface area contributed by atoms with Gasteiger partial charge in [-0.2, -0.15) is 0 Å². The topological polar surface area (TPSA) is 51.5 Å². The quantitative estimate of drug-likeness (QED) is 0.738. The Morgan fingerprint density at radius 2 is 1.96 bits per heavy atom. The Bertz CT molecular complexity index is 899. The van der Waals surface area contributed by atoms with Crippen molar-refractivity contribution in [2.24, 2.45) is 0 Å². The Labute approximate surface area is 139 Å². The molecule has 0 saturated heterocycles. The van der Waals surface area contributed by atoms with E-state index >= 15 is 0 Å². The van der Waals surface area contributed by atoms with Gasteiger partial charge in [0.2, 0.25) is 0 Å². The number of halogens is 1. The van der Waals surface area contributed by atoms with Crippen molar-refractivity contribution in [2.75, 3.05) is 12.4 Å². The number of furan rings is 1. The Morgan fingerprint density at radius 1 is 1.17 bits per heavy atom. The fourth-order valence-corrected chi connectivity index (χ4v) is 2.58. The molecule has 0 aliphatic rings. The maximum absolute atomic E-state index is 12.5. The second-order valence-electron chi connectivity index (χ2n) is 5.34. The van der Waals surface area contributed by atoms with Crippen LogP contribution in [0.3, 0.4) is 0 Å². The molecular formula is C18H16ClNO3. The number of carbonyl (C=O) groups excluding carboxylic acids is 1. The van der Waals surface area contributed by atoms with E-state index in [1.54, 1.807) is 31.4 Å². The molecule has 1 amide bonds. The maximum atomic E-state index is 12.5. The van der Waals surface area contributed by atoms with E-state index < -0.39 is 0 Å². The number of hydrogen-bond donors (Lipinski definition) is 1. The number of aryl methyl sites for hydroxylation is 2. The van der Waals surface area contributed by atoms with Gasteiger partial charge < -0.3 is 14.5 Å². The van der Waals surface area contributed by atoms with Crippen LogP contribution < -0.4 is 10.1 Å². The van der Waals surface area contributed by atoms with E-state index in [1.807, 2.05) is 26.0 Å². The van der Waals surface area contributed by atoms with Gasteiger partial charge in [0.05, 0.1) is 7.11 Å². The fraction of sp³-hybridized carbons (Fsp3) is 0.167. The molecule has 0 radical (unpaired) electrons. The van der Waals surface area contributed by atoms with E-state index in [1.165, 1.54) is 0 Å². The summed E-state index contributed by atoms with van der Waals surface area (Å²) in [5.74, 6) is 0.696. The van der Waals surface area contributed by atoms with Gasteiger partial charge in [-0.05, 0) is 49.7 Å². The highest BCUT2D eigenvalue weighted by Gasteiger charge is 2.18. The van der Waals surface area contributed by atoms with E-state index in [0.29, 0.717) is 16.3 Å². The van der Waals surface area contributed by atoms with Crippen molar-refractivity contribution >= 4 is 34.2 Å². The third-order valence-electron chi connectivity index (χ3n) is 3.78. The zero-order valence-corrected chi connectivity index (χ0v) is 13.8. The number of amides is 1. The molecule has 1 aromatic heterocycles. The highest BCUT2D eigenvalue weighted by atomic mass is 35.5. The van der Waals surface area contributed by atoms with Crippen molar-refractivity contribution in [3.05, 3.63) is 58.3 Å². The lowest BCUT2D eigenvalue weighted by Gasteiger charge is -2.05. The third kappa shape index (κ3) is 2.90. The number of methoxy groups -OCH3 is 1. The summed E-state index contributed by atoms with van der Waals surface area (Å²) in [5.41, 5.74) is 3.00. The van der Waals surface area contributed by atoms with E-state index in [-0.39, 0.29) is 11.7 Å². The van der Waals surface area contributed by atoms with Crippen molar-refractivity contribution in [3.8, 4) is 5.75 Å². The molecule has 3 rings (SSSR count). The monoisotopic (exact) mass is 329 g/mol. The second kappa shape index (κ2) is 5.97. The summed E-state index contributed by atoms with van der Waals surface area (Å²) >= 11 is 6.08. The van der Waals surface area contributed by atoms with Gasteiger partial charge in [0.25, 0.3) is 5.91 Å². The average molecular weight is 330 g/mol. The van der Waals surface area contributed by atoms with E-state index in [4.69, 9.17) is 20.8 Å². The van der Waals surface area contributed by atoms with Crippen LogP contribution in [0.15, 0.2) is 40.8 Å². The molecule has 2 aromatic carbocycles. The lowest BCUT2D eigenvalue weighted by Crippen LogP contribution is -2.12. The Morgan fingerprint density at radius 3 is 2.65 bits per heavy atom. The lowest BCUT2D eigenvalue weighted by atomic mass is 10.1. The zero-order chi connectivity index (χ0) is 16.6. The molecule has 0 saturated carbocycles. The van der Waals surface area contributed by atoms with Gasteiger partial charge in [0.15, 0.2) is 5.76 Å². The molecule has 4 nitrogen and oxygen atoms in total. The lowest BCUT2D eigenvalue weighted by molar-refractivity contribution is 0.0998. The van der Waals surface area contributed by atoms with Crippen LogP contribution in [0.25, 0.3) is 11.0 Å². The molecule has 0 bridgehead atoms. The van der Waals surface area contributed by atoms with Crippen LogP contribution in [0, 0.1) is 13.8 Å². The predicted octanol–water partition coefficient (Wildman–Crippen LogP) is 4.96. The van der Waals surface area contributed by atoms with Crippen LogP contribution in [-0.4, -0.2) is 13.0 Å². The first-order chi connectivity index (χ1) is 11.0. The molecule has 118 valence electrons. The number of ether oxygens (including phenoxy) is 1. The Balaban J connectivity index is 1.94. The summed E-state index contributed by atoms with van der Waals surface area (Å²) in [5, 5.41) is 4.27. The minimum Gasteiger partial charge on any atom is -0.497 e. The van der Waals surface area contributed by atoms with Crippen LogP contribution in [0.2, 0.25) is 5.02 Å². The molecule has 0 aliphatic heterocycles. The van der Waals surface area contributed by atoms with E-state index in [0.717, 1.165) is 22.3 Å². The normalized spacial score (nSPS) is 10.8. The number of hydrogen-bond acceptors (Lipinski definition) is 3. The molecule has 5 heteroatoms. The zero-order valence-electron chi connectivity index (χ0n) is 13.1. The summed E-state index contributed by atoms with van der Waals surface area (Å²) in [6, 6.07) is 10.8. The summed E-state index contributed by atoms with van der Waals surface area (Å²) < 4.78 is 10.9. The maximum Gasteiger partial charge on any atom is 0.291 e. The van der Waals surface area contributed by atoms with Gasteiger partial charge in [-0.1, -0.05) is 17.7 Å². The first kappa shape index (κ1) is 15.4. The molecule has 0 atom stereocenters. The van der Waals surface area contributed by atoms with Crippen molar-refractivity contribution in [1.29, 1.82) is 0 Å². The Kier molecular flexibility index (Phi) is 4.01. The van der Waals surface area contributed by atoms with Crippen molar-refractivity contribution in [3.63, 3.8) is 0 Å². The number of nitrogens with one attached hydrogen (secondary N) is 1. The SMILES string of the molecule is COc1ccc2oc(C(=O)Nc3ccc(C)c(Cl)c3)c(C)c2c1. The summed E-state index contributed by atoms with van der Waals surface area (Å²) in [7, 11) is 1.60. The third-order valence-corrected chi connectivity index (χ3v) is 4.19. The summed E-state index contributed by atoms with van der Waals surface area (Å²) in [6.07, 6.45) is 0. The van der Waals surface area contributed by atoms with E-state index in [2.05, 4.69) is 5.32 Å². The van der Waals surface area contributed by atoms with Crippen molar-refractivity contribution in [2.45, 2.75) is 13.8 Å². The van der Waals surface area contributed by atoms with Gasteiger partial charge in [-0.15, -0.1) is 0 Å².